The Kier molecular flexibility index (Phi) is 7.74. The minimum absolute atomic E-state index is 0.218. The Bertz CT molecular complexity index is 914. The number of benzene rings is 1. The summed E-state index contributed by atoms with van der Waals surface area (Å²) in [6.07, 6.45) is -1.11. The second kappa shape index (κ2) is 9.84. The van der Waals surface area contributed by atoms with Crippen molar-refractivity contribution in [1.82, 2.24) is 0 Å². The van der Waals surface area contributed by atoms with Gasteiger partial charge < -0.3 is 15.4 Å². The van der Waals surface area contributed by atoms with Crippen LogP contribution in [0, 0.1) is 13.8 Å². The van der Waals surface area contributed by atoms with Crippen LogP contribution in [0.3, 0.4) is 0 Å². The number of aryl methyl sites for hydroxylation is 1. The van der Waals surface area contributed by atoms with Gasteiger partial charge in [-0.3, -0.25) is 9.59 Å². The number of carbonyl (C=O) groups excluding carboxylic acids is 3. The van der Waals surface area contributed by atoms with E-state index in [2.05, 4.69) is 10.6 Å². The van der Waals surface area contributed by atoms with Gasteiger partial charge >= 0.3 is 5.97 Å². The smallest absolute Gasteiger partial charge is 0.342 e. The first-order valence-corrected chi connectivity index (χ1v) is 10.2. The van der Waals surface area contributed by atoms with Crippen molar-refractivity contribution in [3.63, 3.8) is 0 Å². The summed E-state index contributed by atoms with van der Waals surface area (Å²) in [4.78, 5) is 37.5. The molecule has 1 aromatic carbocycles. The van der Waals surface area contributed by atoms with Crippen molar-refractivity contribution in [2.24, 2.45) is 0 Å². The van der Waals surface area contributed by atoms with E-state index < -0.39 is 23.7 Å². The van der Waals surface area contributed by atoms with Crippen LogP contribution in [0.1, 0.15) is 34.6 Å². The van der Waals surface area contributed by atoms with E-state index in [0.29, 0.717) is 32.9 Å². The van der Waals surface area contributed by atoms with Crippen LogP contribution in [0.15, 0.2) is 29.2 Å². The standard InChI is InChI=1S/C19H20F2N2O4S2/c1-9-11(3)28-17(22-12(4)24)15(9)18(26)27-10(2)16(25)23-13-5-7-14(8-6-13)29-19(20)21/h5-8,10,19H,1-4H3,(H,22,24)(H,23,25). The summed E-state index contributed by atoms with van der Waals surface area (Å²) in [5.41, 5.74) is 1.28. The van der Waals surface area contributed by atoms with Crippen LogP contribution < -0.4 is 10.6 Å². The average Bonchev–Trinajstić information content (AvgIpc) is 2.89. The highest BCUT2D eigenvalue weighted by atomic mass is 32.2. The van der Waals surface area contributed by atoms with Crippen molar-refractivity contribution in [2.45, 2.75) is 44.5 Å². The lowest BCUT2D eigenvalue weighted by atomic mass is 10.1. The lowest BCUT2D eigenvalue weighted by Gasteiger charge is -2.14. The van der Waals surface area contributed by atoms with Gasteiger partial charge in [0.05, 0.1) is 5.56 Å². The molecule has 0 radical (unpaired) electrons. The largest absolute Gasteiger partial charge is 0.449 e. The summed E-state index contributed by atoms with van der Waals surface area (Å²) in [7, 11) is 0. The molecule has 2 amide bonds. The van der Waals surface area contributed by atoms with Gasteiger partial charge in [-0.05, 0) is 50.6 Å². The Labute approximate surface area is 175 Å². The number of hydrogen-bond donors (Lipinski definition) is 2. The van der Waals surface area contributed by atoms with E-state index in [4.69, 9.17) is 4.74 Å². The Balaban J connectivity index is 2.04. The molecule has 0 bridgehead atoms. The van der Waals surface area contributed by atoms with Crippen molar-refractivity contribution < 1.29 is 27.9 Å². The Morgan fingerprint density at radius 1 is 1.10 bits per heavy atom. The maximum Gasteiger partial charge on any atom is 0.342 e. The molecule has 1 aromatic heterocycles. The molecule has 29 heavy (non-hydrogen) atoms. The molecule has 10 heteroatoms. The van der Waals surface area contributed by atoms with E-state index in [9.17, 15) is 23.2 Å². The minimum atomic E-state index is -2.53. The molecular weight excluding hydrogens is 422 g/mol. The highest BCUT2D eigenvalue weighted by molar-refractivity contribution is 7.99. The first-order valence-electron chi connectivity index (χ1n) is 8.52. The summed E-state index contributed by atoms with van der Waals surface area (Å²) < 4.78 is 30.0. The molecule has 0 aliphatic carbocycles. The van der Waals surface area contributed by atoms with Gasteiger partial charge in [-0.2, -0.15) is 8.78 Å². The molecule has 1 heterocycles. The third-order valence-electron chi connectivity index (χ3n) is 3.88. The monoisotopic (exact) mass is 442 g/mol. The van der Waals surface area contributed by atoms with E-state index in [-0.39, 0.29) is 11.5 Å². The van der Waals surface area contributed by atoms with Crippen LogP contribution >= 0.6 is 23.1 Å². The van der Waals surface area contributed by atoms with Crippen molar-refractivity contribution in [1.29, 1.82) is 0 Å². The van der Waals surface area contributed by atoms with Crippen molar-refractivity contribution >= 4 is 51.6 Å². The van der Waals surface area contributed by atoms with Gasteiger partial charge in [-0.25, -0.2) is 4.79 Å². The normalized spacial score (nSPS) is 11.8. The van der Waals surface area contributed by atoms with E-state index in [0.717, 1.165) is 4.88 Å². The topological polar surface area (TPSA) is 84.5 Å². The molecule has 0 fully saturated rings. The number of halogens is 2. The molecular formula is C19H20F2N2O4S2. The molecule has 0 spiro atoms. The number of carbonyl (C=O) groups is 3. The summed E-state index contributed by atoms with van der Waals surface area (Å²) in [6.45, 7) is 6.30. The van der Waals surface area contributed by atoms with E-state index >= 15 is 0 Å². The van der Waals surface area contributed by atoms with Gasteiger partial charge in [0.1, 0.15) is 5.00 Å². The molecule has 0 aliphatic rings. The first kappa shape index (κ1) is 22.8. The fourth-order valence-electron chi connectivity index (χ4n) is 2.36. The van der Waals surface area contributed by atoms with Gasteiger partial charge in [0.15, 0.2) is 6.10 Å². The maximum absolute atomic E-state index is 12.6. The fraction of sp³-hybridized carbons (Fsp3) is 0.316. The van der Waals surface area contributed by atoms with Crippen LogP contribution in [0.25, 0.3) is 0 Å². The number of anilines is 2. The number of rotatable bonds is 7. The zero-order valence-corrected chi connectivity index (χ0v) is 17.8. The zero-order chi connectivity index (χ0) is 21.7. The summed E-state index contributed by atoms with van der Waals surface area (Å²) in [5.74, 6) is -4.14. The zero-order valence-electron chi connectivity index (χ0n) is 16.2. The maximum atomic E-state index is 12.6. The number of nitrogens with one attached hydrogen (secondary N) is 2. The number of amides is 2. The van der Waals surface area contributed by atoms with E-state index in [1.54, 1.807) is 6.92 Å². The predicted molar refractivity (Wildman–Crippen MR) is 110 cm³/mol. The minimum Gasteiger partial charge on any atom is -0.449 e. The van der Waals surface area contributed by atoms with Crippen molar-refractivity contribution in [3.8, 4) is 0 Å². The van der Waals surface area contributed by atoms with Crippen LogP contribution in [-0.4, -0.2) is 29.6 Å². The third-order valence-corrected chi connectivity index (χ3v) is 5.72. The third kappa shape index (κ3) is 6.26. The number of thiophene rings is 1. The molecule has 156 valence electrons. The molecule has 2 rings (SSSR count). The molecule has 2 N–H and O–H groups in total. The SMILES string of the molecule is CC(=O)Nc1sc(C)c(C)c1C(=O)OC(C)C(=O)Nc1ccc(SC(F)F)cc1. The Morgan fingerprint density at radius 2 is 1.72 bits per heavy atom. The second-order valence-electron chi connectivity index (χ2n) is 6.11. The van der Waals surface area contributed by atoms with Crippen molar-refractivity contribution in [2.75, 3.05) is 10.6 Å². The van der Waals surface area contributed by atoms with Gasteiger partial charge in [0, 0.05) is 22.4 Å². The number of thioether (sulfide) groups is 1. The summed E-state index contributed by atoms with van der Waals surface area (Å²) in [6, 6.07) is 5.89. The lowest BCUT2D eigenvalue weighted by molar-refractivity contribution is -0.123. The van der Waals surface area contributed by atoms with Gasteiger partial charge in [0.25, 0.3) is 11.7 Å². The average molecular weight is 443 g/mol. The highest BCUT2D eigenvalue weighted by Crippen LogP contribution is 2.33. The highest BCUT2D eigenvalue weighted by Gasteiger charge is 2.25. The molecule has 0 saturated carbocycles. The molecule has 1 unspecified atom stereocenters. The quantitative estimate of drug-likeness (QED) is 0.474. The molecule has 6 nitrogen and oxygen atoms in total. The van der Waals surface area contributed by atoms with Crippen LogP contribution in [0.5, 0.6) is 0 Å². The van der Waals surface area contributed by atoms with Crippen molar-refractivity contribution in [3.05, 3.63) is 40.3 Å². The fourth-order valence-corrected chi connectivity index (χ4v) is 3.95. The van der Waals surface area contributed by atoms with E-state index in [1.807, 2.05) is 6.92 Å². The molecule has 0 aliphatic heterocycles. The summed E-state index contributed by atoms with van der Waals surface area (Å²) in [5, 5.41) is 5.54. The predicted octanol–water partition coefficient (Wildman–Crippen LogP) is 4.82. The molecule has 0 saturated heterocycles. The Morgan fingerprint density at radius 3 is 2.28 bits per heavy atom. The second-order valence-corrected chi connectivity index (χ2v) is 8.40. The molecule has 2 aromatic rings. The van der Waals surface area contributed by atoms with Crippen LogP contribution in [0.4, 0.5) is 19.5 Å². The number of ether oxygens (including phenoxy) is 1. The molecule has 1 atom stereocenters. The van der Waals surface area contributed by atoms with Gasteiger partial charge in [-0.1, -0.05) is 11.8 Å². The first-order chi connectivity index (χ1) is 13.6. The van der Waals surface area contributed by atoms with Crippen LogP contribution in [0.2, 0.25) is 0 Å². The van der Waals surface area contributed by atoms with Gasteiger partial charge in [-0.15, -0.1) is 11.3 Å². The van der Waals surface area contributed by atoms with E-state index in [1.165, 1.54) is 49.4 Å². The van der Waals surface area contributed by atoms with Crippen LogP contribution in [-0.2, 0) is 14.3 Å². The number of hydrogen-bond acceptors (Lipinski definition) is 6. The Hall–Kier alpha value is -2.46. The summed E-state index contributed by atoms with van der Waals surface area (Å²) >= 11 is 1.66. The van der Waals surface area contributed by atoms with Gasteiger partial charge in [0.2, 0.25) is 5.91 Å². The number of esters is 1. The lowest BCUT2D eigenvalue weighted by Crippen LogP contribution is -2.30. The number of alkyl halides is 2.